The summed E-state index contributed by atoms with van der Waals surface area (Å²) < 4.78 is 0. The second-order valence-electron chi connectivity index (χ2n) is 6.47. The minimum absolute atomic E-state index is 0.0498. The van der Waals surface area contributed by atoms with Crippen LogP contribution in [0.15, 0.2) is 30.5 Å². The van der Waals surface area contributed by atoms with Crippen LogP contribution in [0.5, 0.6) is 0 Å². The van der Waals surface area contributed by atoms with Crippen molar-refractivity contribution in [2.24, 2.45) is 0 Å². The molecule has 1 aromatic carbocycles. The number of rotatable bonds is 2. The van der Waals surface area contributed by atoms with E-state index in [1.807, 2.05) is 30.5 Å². The lowest BCUT2D eigenvalue weighted by Crippen LogP contribution is -2.59. The number of H-pyrrole nitrogens is 1. The van der Waals surface area contributed by atoms with Crippen LogP contribution < -0.4 is 10.6 Å². The van der Waals surface area contributed by atoms with Crippen LogP contribution in [0.2, 0.25) is 0 Å². The molecular weight excluding hydrogens is 262 g/mol. The van der Waals surface area contributed by atoms with Gasteiger partial charge in [-0.15, -0.1) is 0 Å². The Hall–Kier alpha value is -1.81. The van der Waals surface area contributed by atoms with E-state index in [4.69, 9.17) is 0 Å². The number of benzene rings is 1. The van der Waals surface area contributed by atoms with Crippen LogP contribution in [-0.4, -0.2) is 29.0 Å². The van der Waals surface area contributed by atoms with Gasteiger partial charge in [0.1, 0.15) is 0 Å². The van der Waals surface area contributed by atoms with E-state index in [9.17, 15) is 4.79 Å². The van der Waals surface area contributed by atoms with Crippen molar-refractivity contribution in [1.29, 1.82) is 0 Å². The maximum absolute atomic E-state index is 12.6. The first-order chi connectivity index (χ1) is 10.3. The monoisotopic (exact) mass is 283 g/mol. The lowest BCUT2D eigenvalue weighted by atomic mass is 9.70. The van der Waals surface area contributed by atoms with Crippen LogP contribution in [0.4, 0.5) is 0 Å². The summed E-state index contributed by atoms with van der Waals surface area (Å²) in [6.45, 7) is 1.01. The zero-order valence-electron chi connectivity index (χ0n) is 12.1. The second kappa shape index (κ2) is 4.88. The third-order valence-electron chi connectivity index (χ3n) is 5.11. The van der Waals surface area contributed by atoms with Crippen LogP contribution in [0.1, 0.15) is 42.5 Å². The fraction of sp³-hybridized carbons (Fsp3) is 0.471. The Bertz CT molecular complexity index is 671. The first kappa shape index (κ1) is 12.9. The molecule has 0 bridgehead atoms. The number of para-hydroxylation sites is 1. The molecule has 1 atom stereocenters. The highest BCUT2D eigenvalue weighted by Gasteiger charge is 2.41. The number of amides is 1. The van der Waals surface area contributed by atoms with E-state index >= 15 is 0 Å². The van der Waals surface area contributed by atoms with Crippen LogP contribution >= 0.6 is 0 Å². The molecule has 21 heavy (non-hydrogen) atoms. The van der Waals surface area contributed by atoms with Crippen molar-refractivity contribution in [3.63, 3.8) is 0 Å². The highest BCUT2D eigenvalue weighted by molar-refractivity contribution is 6.06. The van der Waals surface area contributed by atoms with Gasteiger partial charge < -0.3 is 15.6 Å². The van der Waals surface area contributed by atoms with Crippen molar-refractivity contribution in [2.75, 3.05) is 6.54 Å². The standard InChI is InChI=1S/C17H21N3O/c21-16(14-11-18-15-5-2-1-4-13(14)15)20-12-6-9-19-17(10-12)7-3-8-17/h1-2,4-5,11-12,18-19H,3,6-10H2,(H,20,21). The number of carbonyl (C=O) groups excluding carboxylic acids is 1. The molecule has 1 spiro atoms. The maximum atomic E-state index is 12.6. The predicted molar refractivity (Wildman–Crippen MR) is 83.4 cm³/mol. The summed E-state index contributed by atoms with van der Waals surface area (Å²) in [5.41, 5.74) is 2.09. The molecule has 2 aliphatic rings. The van der Waals surface area contributed by atoms with Crippen molar-refractivity contribution in [1.82, 2.24) is 15.6 Å². The molecular formula is C17H21N3O. The molecule has 1 unspecified atom stereocenters. The fourth-order valence-electron chi connectivity index (χ4n) is 3.79. The van der Waals surface area contributed by atoms with Gasteiger partial charge in [0.2, 0.25) is 0 Å². The van der Waals surface area contributed by atoms with E-state index < -0.39 is 0 Å². The summed E-state index contributed by atoms with van der Waals surface area (Å²) >= 11 is 0. The van der Waals surface area contributed by atoms with Gasteiger partial charge in [0.15, 0.2) is 0 Å². The van der Waals surface area contributed by atoms with Crippen molar-refractivity contribution in [3.8, 4) is 0 Å². The van der Waals surface area contributed by atoms with Gasteiger partial charge in [-0.25, -0.2) is 0 Å². The molecule has 4 rings (SSSR count). The lowest BCUT2D eigenvalue weighted by Gasteiger charge is -2.48. The highest BCUT2D eigenvalue weighted by Crippen LogP contribution is 2.38. The maximum Gasteiger partial charge on any atom is 0.253 e. The van der Waals surface area contributed by atoms with Crippen LogP contribution in [-0.2, 0) is 0 Å². The number of aromatic amines is 1. The molecule has 1 amide bonds. The normalized spacial score (nSPS) is 23.9. The third-order valence-corrected chi connectivity index (χ3v) is 5.11. The van der Waals surface area contributed by atoms with E-state index in [0.717, 1.165) is 35.9 Å². The second-order valence-corrected chi connectivity index (χ2v) is 6.47. The number of aromatic nitrogens is 1. The number of piperidine rings is 1. The van der Waals surface area contributed by atoms with Gasteiger partial charge in [0.25, 0.3) is 5.91 Å². The summed E-state index contributed by atoms with van der Waals surface area (Å²) in [6, 6.07) is 8.25. The van der Waals surface area contributed by atoms with E-state index in [2.05, 4.69) is 15.6 Å². The molecule has 110 valence electrons. The minimum atomic E-state index is 0.0498. The van der Waals surface area contributed by atoms with Crippen molar-refractivity contribution >= 4 is 16.8 Å². The molecule has 1 aliphatic carbocycles. The van der Waals surface area contributed by atoms with Crippen LogP contribution in [0.3, 0.4) is 0 Å². The van der Waals surface area contributed by atoms with Gasteiger partial charge in [0, 0.05) is 28.7 Å². The third kappa shape index (κ3) is 2.23. The van der Waals surface area contributed by atoms with Crippen molar-refractivity contribution < 1.29 is 4.79 Å². The average Bonchev–Trinajstić information content (AvgIpc) is 2.90. The van der Waals surface area contributed by atoms with Gasteiger partial charge in [-0.05, 0) is 44.7 Å². The largest absolute Gasteiger partial charge is 0.360 e. The number of nitrogens with one attached hydrogen (secondary N) is 3. The van der Waals surface area contributed by atoms with Gasteiger partial charge >= 0.3 is 0 Å². The Kier molecular flexibility index (Phi) is 3.00. The minimum Gasteiger partial charge on any atom is -0.360 e. The molecule has 2 fully saturated rings. The SMILES string of the molecule is O=C(NC1CCNC2(CCC2)C1)c1c[nH]c2ccccc12. The van der Waals surface area contributed by atoms with Gasteiger partial charge in [-0.3, -0.25) is 4.79 Å². The van der Waals surface area contributed by atoms with E-state index in [1.54, 1.807) is 0 Å². The Morgan fingerprint density at radius 1 is 1.29 bits per heavy atom. The zero-order chi connectivity index (χ0) is 14.3. The van der Waals surface area contributed by atoms with Crippen LogP contribution in [0, 0.1) is 0 Å². The predicted octanol–water partition coefficient (Wildman–Crippen LogP) is 2.57. The Morgan fingerprint density at radius 3 is 2.95 bits per heavy atom. The van der Waals surface area contributed by atoms with Crippen molar-refractivity contribution in [3.05, 3.63) is 36.0 Å². The first-order valence-corrected chi connectivity index (χ1v) is 7.88. The summed E-state index contributed by atoms with van der Waals surface area (Å²) in [6.07, 6.45) is 7.74. The molecule has 4 nitrogen and oxygen atoms in total. The number of carbonyl (C=O) groups is 1. The summed E-state index contributed by atoms with van der Waals surface area (Å²) in [7, 11) is 0. The molecule has 2 heterocycles. The van der Waals surface area contributed by atoms with E-state index in [1.165, 1.54) is 19.3 Å². The van der Waals surface area contributed by atoms with E-state index in [0.29, 0.717) is 11.6 Å². The van der Waals surface area contributed by atoms with Gasteiger partial charge in [-0.2, -0.15) is 0 Å². The quantitative estimate of drug-likeness (QED) is 0.793. The molecule has 3 N–H and O–H groups in total. The molecule has 4 heteroatoms. The Labute approximate surface area is 124 Å². The summed E-state index contributed by atoms with van der Waals surface area (Å²) in [5.74, 6) is 0.0498. The number of hydrogen-bond donors (Lipinski definition) is 3. The smallest absolute Gasteiger partial charge is 0.253 e. The van der Waals surface area contributed by atoms with E-state index in [-0.39, 0.29) is 5.91 Å². The topological polar surface area (TPSA) is 56.9 Å². The molecule has 1 saturated carbocycles. The molecule has 1 saturated heterocycles. The average molecular weight is 283 g/mol. The lowest BCUT2D eigenvalue weighted by molar-refractivity contribution is 0.0854. The first-order valence-electron chi connectivity index (χ1n) is 7.88. The molecule has 0 radical (unpaired) electrons. The Morgan fingerprint density at radius 2 is 2.14 bits per heavy atom. The number of fused-ring (bicyclic) bond motifs is 1. The number of hydrogen-bond acceptors (Lipinski definition) is 2. The molecule has 1 aromatic heterocycles. The van der Waals surface area contributed by atoms with Gasteiger partial charge in [-0.1, -0.05) is 18.2 Å². The fourth-order valence-corrected chi connectivity index (χ4v) is 3.79. The summed E-state index contributed by atoms with van der Waals surface area (Å²) in [5, 5.41) is 7.88. The Balaban J connectivity index is 1.50. The van der Waals surface area contributed by atoms with Crippen LogP contribution in [0.25, 0.3) is 10.9 Å². The summed E-state index contributed by atoms with van der Waals surface area (Å²) in [4.78, 5) is 15.7. The molecule has 2 aromatic rings. The molecule has 1 aliphatic heterocycles. The highest BCUT2D eigenvalue weighted by atomic mass is 16.1. The van der Waals surface area contributed by atoms with Gasteiger partial charge in [0.05, 0.1) is 5.56 Å². The zero-order valence-corrected chi connectivity index (χ0v) is 12.1. The van der Waals surface area contributed by atoms with Crippen molar-refractivity contribution in [2.45, 2.75) is 43.7 Å².